The van der Waals surface area contributed by atoms with Crippen LogP contribution in [0, 0.1) is 0 Å². The number of anilines is 1. The Morgan fingerprint density at radius 1 is 1.09 bits per heavy atom. The minimum atomic E-state index is -0.497. The van der Waals surface area contributed by atoms with Crippen LogP contribution in [0.25, 0.3) is 33.5 Å². The van der Waals surface area contributed by atoms with Gasteiger partial charge < -0.3 is 19.6 Å². The summed E-state index contributed by atoms with van der Waals surface area (Å²) in [6.45, 7) is 1.21. The van der Waals surface area contributed by atoms with Crippen LogP contribution in [-0.2, 0) is 7.05 Å². The van der Waals surface area contributed by atoms with E-state index in [1.165, 1.54) is 0 Å². The number of furan rings is 1. The van der Waals surface area contributed by atoms with Crippen molar-refractivity contribution in [3.63, 3.8) is 0 Å². The van der Waals surface area contributed by atoms with Gasteiger partial charge in [0.15, 0.2) is 29.4 Å². The summed E-state index contributed by atoms with van der Waals surface area (Å²) in [6.07, 6.45) is 2.27. The third-order valence-corrected chi connectivity index (χ3v) is 6.10. The molecule has 5 heterocycles. The van der Waals surface area contributed by atoms with Gasteiger partial charge in [-0.3, -0.25) is 14.6 Å². The first-order valence-corrected chi connectivity index (χ1v) is 11.1. The van der Waals surface area contributed by atoms with E-state index < -0.39 is 6.17 Å². The molecule has 2 aliphatic heterocycles. The molecule has 1 unspecified atom stereocenters. The average molecular weight is 455 g/mol. The summed E-state index contributed by atoms with van der Waals surface area (Å²) in [4.78, 5) is 9.51. The Kier molecular flexibility index (Phi) is 3.93. The summed E-state index contributed by atoms with van der Waals surface area (Å²) in [5.41, 5.74) is 10.1. The van der Waals surface area contributed by atoms with Crippen LogP contribution in [0.1, 0.15) is 18.2 Å². The molecular weight excluding hydrogens is 434 g/mol. The van der Waals surface area contributed by atoms with Crippen molar-refractivity contribution in [1.82, 2.24) is 19.3 Å². The number of aromatic nitrogens is 4. The van der Waals surface area contributed by atoms with Crippen LogP contribution in [0.2, 0.25) is 0 Å². The van der Waals surface area contributed by atoms with Crippen LogP contribution in [0.15, 0.2) is 58.1 Å². The molecule has 0 fully saturated rings. The number of hydrogen-bond donors (Lipinski definition) is 2. The van der Waals surface area contributed by atoms with Gasteiger partial charge in [-0.15, -0.1) is 0 Å². The zero-order valence-electron chi connectivity index (χ0n) is 18.4. The molecule has 5 aromatic rings. The van der Waals surface area contributed by atoms with E-state index in [0.29, 0.717) is 42.1 Å². The molecule has 170 valence electrons. The van der Waals surface area contributed by atoms with Gasteiger partial charge in [0.2, 0.25) is 5.95 Å². The van der Waals surface area contributed by atoms with Crippen LogP contribution in [0.4, 0.5) is 5.95 Å². The molecular formula is C24H21N7O3. The standard InChI is InChI=1S/C24H21N7O3/c1-30-12-14(21(29-30)20-9-13-5-2-3-6-17(13)34-20)22-27-23(25)28-24-26-15-10-18-19(11-16(15)31(22)24)33-8-4-7-32-18/h2-3,5-6,9-12,22H,4,7-8H2,1H3,(H3,25,26,27,28). The van der Waals surface area contributed by atoms with Gasteiger partial charge >= 0.3 is 0 Å². The SMILES string of the molecule is Cn1cc(C2N=C(N)Nc3nc4cc5c(cc4n32)OCCCO5)c(-c2cc3ccccc3o2)n1. The van der Waals surface area contributed by atoms with Crippen molar-refractivity contribution in [2.75, 3.05) is 18.5 Å². The van der Waals surface area contributed by atoms with Crippen LogP contribution in [-0.4, -0.2) is 38.5 Å². The second-order valence-corrected chi connectivity index (χ2v) is 8.41. The van der Waals surface area contributed by atoms with E-state index in [1.54, 1.807) is 4.68 Å². The van der Waals surface area contributed by atoms with Crippen LogP contribution < -0.4 is 20.5 Å². The number of fused-ring (bicyclic) bond motifs is 5. The van der Waals surface area contributed by atoms with Gasteiger partial charge in [-0.25, -0.2) is 9.98 Å². The highest BCUT2D eigenvalue weighted by atomic mass is 16.5. The van der Waals surface area contributed by atoms with Gasteiger partial charge in [-0.1, -0.05) is 18.2 Å². The molecule has 2 aliphatic rings. The molecule has 0 saturated carbocycles. The maximum atomic E-state index is 6.18. The predicted octanol–water partition coefficient (Wildman–Crippen LogP) is 3.63. The lowest BCUT2D eigenvalue weighted by Crippen LogP contribution is -2.31. The average Bonchev–Trinajstić information content (AvgIpc) is 3.47. The number of nitrogens with one attached hydrogen (secondary N) is 1. The van der Waals surface area contributed by atoms with Crippen molar-refractivity contribution in [1.29, 1.82) is 0 Å². The fourth-order valence-corrected chi connectivity index (χ4v) is 4.62. The number of aryl methyl sites for hydroxylation is 1. The Hall–Kier alpha value is -4.47. The number of imidazole rings is 1. The summed E-state index contributed by atoms with van der Waals surface area (Å²) in [5.74, 6) is 2.92. The fraction of sp³-hybridized carbons (Fsp3) is 0.208. The first-order chi connectivity index (χ1) is 16.6. The van der Waals surface area contributed by atoms with E-state index in [9.17, 15) is 0 Å². The predicted molar refractivity (Wildman–Crippen MR) is 127 cm³/mol. The van der Waals surface area contributed by atoms with Crippen molar-refractivity contribution in [2.24, 2.45) is 17.8 Å². The second kappa shape index (κ2) is 7.01. The minimum Gasteiger partial charge on any atom is -0.489 e. The number of guanidine groups is 1. The zero-order chi connectivity index (χ0) is 22.8. The van der Waals surface area contributed by atoms with E-state index in [-0.39, 0.29) is 5.96 Å². The third kappa shape index (κ3) is 2.84. The van der Waals surface area contributed by atoms with Crippen molar-refractivity contribution in [2.45, 2.75) is 12.6 Å². The van der Waals surface area contributed by atoms with E-state index in [1.807, 2.05) is 60.3 Å². The Bertz CT molecular complexity index is 1580. The number of aliphatic imine (C=N–C) groups is 1. The monoisotopic (exact) mass is 455 g/mol. The summed E-state index contributed by atoms with van der Waals surface area (Å²) in [6, 6.07) is 13.7. The number of rotatable bonds is 2. The van der Waals surface area contributed by atoms with Crippen LogP contribution >= 0.6 is 0 Å². The van der Waals surface area contributed by atoms with Gasteiger partial charge in [0.25, 0.3) is 0 Å². The number of benzene rings is 2. The largest absolute Gasteiger partial charge is 0.489 e. The van der Waals surface area contributed by atoms with E-state index in [2.05, 4.69) is 5.32 Å². The molecule has 0 saturated heterocycles. The summed E-state index contributed by atoms with van der Waals surface area (Å²) in [7, 11) is 1.88. The lowest BCUT2D eigenvalue weighted by molar-refractivity contribution is 0.297. The smallest absolute Gasteiger partial charge is 0.212 e. The first-order valence-electron chi connectivity index (χ1n) is 11.1. The third-order valence-electron chi connectivity index (χ3n) is 6.10. The van der Waals surface area contributed by atoms with Crippen LogP contribution in [0.5, 0.6) is 11.5 Å². The molecule has 2 aromatic carbocycles. The Balaban J connectivity index is 1.43. The second-order valence-electron chi connectivity index (χ2n) is 8.41. The highest BCUT2D eigenvalue weighted by Gasteiger charge is 2.31. The normalized spacial score (nSPS) is 17.3. The molecule has 0 spiro atoms. The lowest BCUT2D eigenvalue weighted by atomic mass is 10.1. The maximum absolute atomic E-state index is 6.18. The van der Waals surface area contributed by atoms with Crippen molar-refractivity contribution < 1.29 is 13.9 Å². The van der Waals surface area contributed by atoms with Crippen LogP contribution in [0.3, 0.4) is 0 Å². The molecule has 10 nitrogen and oxygen atoms in total. The van der Waals surface area contributed by atoms with Gasteiger partial charge in [0.05, 0.1) is 24.2 Å². The highest BCUT2D eigenvalue weighted by molar-refractivity contribution is 5.95. The lowest BCUT2D eigenvalue weighted by Gasteiger charge is -2.23. The van der Waals surface area contributed by atoms with Gasteiger partial charge in [0.1, 0.15) is 11.3 Å². The summed E-state index contributed by atoms with van der Waals surface area (Å²) in [5, 5.41) is 8.81. The summed E-state index contributed by atoms with van der Waals surface area (Å²) >= 11 is 0. The number of hydrogen-bond acceptors (Lipinski definition) is 8. The van der Waals surface area contributed by atoms with Crippen molar-refractivity contribution in [3.8, 4) is 23.0 Å². The van der Waals surface area contributed by atoms with E-state index in [4.69, 9.17) is 34.7 Å². The highest BCUT2D eigenvalue weighted by Crippen LogP contribution is 2.41. The Morgan fingerprint density at radius 2 is 1.91 bits per heavy atom. The molecule has 0 bridgehead atoms. The Morgan fingerprint density at radius 3 is 2.76 bits per heavy atom. The van der Waals surface area contributed by atoms with E-state index >= 15 is 0 Å². The number of nitrogens with two attached hydrogens (primary N) is 1. The van der Waals surface area contributed by atoms with Gasteiger partial charge in [-0.05, 0) is 12.1 Å². The molecule has 3 aromatic heterocycles. The van der Waals surface area contributed by atoms with Gasteiger partial charge in [-0.2, -0.15) is 5.10 Å². The molecule has 34 heavy (non-hydrogen) atoms. The number of nitrogens with zero attached hydrogens (tertiary/aromatic N) is 5. The molecule has 1 atom stereocenters. The summed E-state index contributed by atoms with van der Waals surface area (Å²) < 4.78 is 21.7. The van der Waals surface area contributed by atoms with Gasteiger partial charge in [0, 0.05) is 42.7 Å². The Labute approximate surface area is 193 Å². The quantitative estimate of drug-likeness (QED) is 0.417. The molecule has 0 aliphatic carbocycles. The zero-order valence-corrected chi connectivity index (χ0v) is 18.4. The molecule has 7 rings (SSSR count). The molecule has 0 amide bonds. The van der Waals surface area contributed by atoms with Crippen molar-refractivity contribution in [3.05, 3.63) is 54.2 Å². The molecule has 3 N–H and O–H groups in total. The topological polar surface area (TPSA) is 118 Å². The maximum Gasteiger partial charge on any atom is 0.212 e. The van der Waals surface area contributed by atoms with E-state index in [0.717, 1.165) is 34.0 Å². The number of para-hydroxylation sites is 1. The molecule has 10 heteroatoms. The minimum absolute atomic E-state index is 0.279. The van der Waals surface area contributed by atoms with Crippen molar-refractivity contribution >= 4 is 33.9 Å². The number of ether oxygens (including phenoxy) is 2. The first kappa shape index (κ1) is 19.0. The fourth-order valence-electron chi connectivity index (χ4n) is 4.62. The molecule has 0 radical (unpaired) electrons.